The lowest BCUT2D eigenvalue weighted by Gasteiger charge is -2.06. The van der Waals surface area contributed by atoms with E-state index in [9.17, 15) is 0 Å². The summed E-state index contributed by atoms with van der Waals surface area (Å²) in [6.07, 6.45) is 0. The van der Waals surface area contributed by atoms with Crippen LogP contribution in [0, 0.1) is 6.92 Å². The zero-order valence-electron chi connectivity index (χ0n) is 14.2. The molecule has 0 radical (unpaired) electrons. The lowest BCUT2D eigenvalue weighted by Crippen LogP contribution is -1.97. The van der Waals surface area contributed by atoms with Gasteiger partial charge >= 0.3 is 0 Å². The molecule has 0 unspecified atom stereocenters. The molecule has 0 bridgehead atoms. The van der Waals surface area contributed by atoms with Crippen molar-refractivity contribution in [1.82, 2.24) is 15.0 Å². The van der Waals surface area contributed by atoms with E-state index in [0.29, 0.717) is 11.6 Å². The Morgan fingerprint density at radius 3 is 1.58 bits per heavy atom. The monoisotopic (exact) mass is 357 g/mol. The number of halogens is 1. The summed E-state index contributed by atoms with van der Waals surface area (Å²) < 4.78 is 0. The predicted molar refractivity (Wildman–Crippen MR) is 106 cm³/mol. The highest BCUT2D eigenvalue weighted by Crippen LogP contribution is 2.25. The quantitative estimate of drug-likeness (QED) is 0.462. The molecule has 126 valence electrons. The third kappa shape index (κ3) is 3.48. The minimum Gasteiger partial charge on any atom is -0.208 e. The minimum absolute atomic E-state index is 0.192. The van der Waals surface area contributed by atoms with Gasteiger partial charge in [-0.25, -0.2) is 4.98 Å². The third-order valence-electron chi connectivity index (χ3n) is 4.17. The molecule has 1 heterocycles. The van der Waals surface area contributed by atoms with Crippen molar-refractivity contribution >= 4 is 11.6 Å². The fourth-order valence-corrected chi connectivity index (χ4v) is 2.91. The van der Waals surface area contributed by atoms with Crippen LogP contribution in [-0.2, 0) is 0 Å². The van der Waals surface area contributed by atoms with Gasteiger partial charge in [-0.15, -0.1) is 0 Å². The van der Waals surface area contributed by atoms with Crippen molar-refractivity contribution in [3.05, 3.63) is 89.7 Å². The Morgan fingerprint density at radius 2 is 1.00 bits per heavy atom. The van der Waals surface area contributed by atoms with Crippen molar-refractivity contribution in [2.45, 2.75) is 6.92 Å². The zero-order chi connectivity index (χ0) is 17.9. The molecule has 0 amide bonds. The Morgan fingerprint density at radius 1 is 0.538 bits per heavy atom. The number of aromatic nitrogens is 3. The summed E-state index contributed by atoms with van der Waals surface area (Å²) in [4.78, 5) is 13.2. The van der Waals surface area contributed by atoms with Gasteiger partial charge in [0.2, 0.25) is 5.28 Å². The first kappa shape index (κ1) is 16.4. The maximum absolute atomic E-state index is 6.15. The summed E-state index contributed by atoms with van der Waals surface area (Å²) in [6.45, 7) is 2.05. The maximum Gasteiger partial charge on any atom is 0.226 e. The summed E-state index contributed by atoms with van der Waals surface area (Å²) in [5.74, 6) is 1.15. The first-order valence-corrected chi connectivity index (χ1v) is 8.71. The molecule has 4 heteroatoms. The maximum atomic E-state index is 6.15. The zero-order valence-corrected chi connectivity index (χ0v) is 15.0. The van der Waals surface area contributed by atoms with Crippen molar-refractivity contribution in [2.75, 3.05) is 0 Å². The molecule has 1 aromatic heterocycles. The highest BCUT2D eigenvalue weighted by Gasteiger charge is 2.09. The molecule has 0 aliphatic rings. The van der Waals surface area contributed by atoms with Crippen LogP contribution in [0.3, 0.4) is 0 Å². The van der Waals surface area contributed by atoms with Gasteiger partial charge < -0.3 is 0 Å². The summed E-state index contributed by atoms with van der Waals surface area (Å²) in [6, 6.07) is 26.4. The van der Waals surface area contributed by atoms with Crippen LogP contribution in [0.1, 0.15) is 5.56 Å². The lowest BCUT2D eigenvalue weighted by atomic mass is 10.0. The van der Waals surface area contributed by atoms with Crippen LogP contribution in [0.15, 0.2) is 78.9 Å². The highest BCUT2D eigenvalue weighted by atomic mass is 35.5. The van der Waals surface area contributed by atoms with E-state index in [1.165, 1.54) is 11.1 Å². The van der Waals surface area contributed by atoms with Gasteiger partial charge in [-0.1, -0.05) is 84.4 Å². The number of benzene rings is 3. The summed E-state index contributed by atoms with van der Waals surface area (Å²) in [7, 11) is 0. The molecule has 0 saturated heterocycles. The average Bonchev–Trinajstić information content (AvgIpc) is 2.69. The van der Waals surface area contributed by atoms with Crippen LogP contribution < -0.4 is 0 Å². The van der Waals surface area contributed by atoms with Crippen LogP contribution in [0.4, 0.5) is 0 Å². The van der Waals surface area contributed by atoms with E-state index in [-0.39, 0.29) is 5.28 Å². The molecule has 4 rings (SSSR count). The number of hydrogen-bond donors (Lipinski definition) is 0. The van der Waals surface area contributed by atoms with Crippen LogP contribution in [-0.4, -0.2) is 15.0 Å². The van der Waals surface area contributed by atoms with Gasteiger partial charge in [0.15, 0.2) is 11.6 Å². The molecule has 3 nitrogen and oxygen atoms in total. The Hall–Kier alpha value is -3.04. The molecular weight excluding hydrogens is 342 g/mol. The fraction of sp³-hybridized carbons (Fsp3) is 0.0455. The highest BCUT2D eigenvalue weighted by molar-refractivity contribution is 6.28. The predicted octanol–water partition coefficient (Wildman–Crippen LogP) is 5.83. The second-order valence-corrected chi connectivity index (χ2v) is 6.40. The van der Waals surface area contributed by atoms with E-state index < -0.39 is 0 Å². The first-order valence-electron chi connectivity index (χ1n) is 8.33. The topological polar surface area (TPSA) is 38.7 Å². The van der Waals surface area contributed by atoms with Gasteiger partial charge in [-0.05, 0) is 29.7 Å². The molecule has 4 aromatic rings. The number of aryl methyl sites for hydroxylation is 1. The van der Waals surface area contributed by atoms with Crippen LogP contribution in [0.2, 0.25) is 5.28 Å². The largest absolute Gasteiger partial charge is 0.226 e. The van der Waals surface area contributed by atoms with Crippen molar-refractivity contribution in [1.29, 1.82) is 0 Å². The minimum atomic E-state index is 0.192. The van der Waals surface area contributed by atoms with E-state index >= 15 is 0 Å². The molecule has 3 aromatic carbocycles. The first-order chi connectivity index (χ1) is 12.7. The van der Waals surface area contributed by atoms with Gasteiger partial charge in [-0.3, -0.25) is 0 Å². The Balaban J connectivity index is 1.70. The molecule has 0 fully saturated rings. The van der Waals surface area contributed by atoms with Crippen molar-refractivity contribution in [2.24, 2.45) is 0 Å². The Labute approximate surface area is 157 Å². The molecular formula is C22H16ClN3. The van der Waals surface area contributed by atoms with Gasteiger partial charge in [0, 0.05) is 11.1 Å². The standard InChI is InChI=1S/C22H16ClN3/c1-15-7-9-18(10-8-15)20-24-21(26-22(23)25-20)19-13-11-17(12-14-19)16-5-3-2-4-6-16/h2-14H,1H3. The number of nitrogens with zero attached hydrogens (tertiary/aromatic N) is 3. The molecule has 0 atom stereocenters. The van der Waals surface area contributed by atoms with Gasteiger partial charge in [0.1, 0.15) is 0 Å². The van der Waals surface area contributed by atoms with E-state index in [2.05, 4.69) is 39.2 Å². The van der Waals surface area contributed by atoms with Gasteiger partial charge in [-0.2, -0.15) is 9.97 Å². The van der Waals surface area contributed by atoms with Crippen LogP contribution >= 0.6 is 11.6 Å². The van der Waals surface area contributed by atoms with Crippen LogP contribution in [0.5, 0.6) is 0 Å². The molecule has 0 saturated carbocycles. The Kier molecular flexibility index (Phi) is 4.46. The number of rotatable bonds is 3. The van der Waals surface area contributed by atoms with E-state index in [1.807, 2.05) is 61.5 Å². The normalized spacial score (nSPS) is 10.7. The van der Waals surface area contributed by atoms with Crippen molar-refractivity contribution < 1.29 is 0 Å². The summed E-state index contributed by atoms with van der Waals surface area (Å²) in [5.41, 5.74) is 5.33. The third-order valence-corrected chi connectivity index (χ3v) is 4.34. The average molecular weight is 358 g/mol. The van der Waals surface area contributed by atoms with Crippen molar-refractivity contribution in [3.8, 4) is 33.9 Å². The van der Waals surface area contributed by atoms with E-state index in [4.69, 9.17) is 11.6 Å². The van der Waals surface area contributed by atoms with E-state index in [1.54, 1.807) is 0 Å². The second-order valence-electron chi connectivity index (χ2n) is 6.06. The molecule has 0 spiro atoms. The number of hydrogen-bond acceptors (Lipinski definition) is 3. The fourth-order valence-electron chi connectivity index (χ4n) is 2.75. The van der Waals surface area contributed by atoms with Crippen LogP contribution in [0.25, 0.3) is 33.9 Å². The lowest BCUT2D eigenvalue weighted by molar-refractivity contribution is 1.07. The second kappa shape index (κ2) is 7.06. The van der Waals surface area contributed by atoms with Gasteiger partial charge in [0.05, 0.1) is 0 Å². The van der Waals surface area contributed by atoms with E-state index in [0.717, 1.165) is 16.7 Å². The smallest absolute Gasteiger partial charge is 0.208 e. The molecule has 0 N–H and O–H groups in total. The summed E-state index contributed by atoms with van der Waals surface area (Å²) in [5, 5.41) is 0.192. The molecule has 0 aliphatic carbocycles. The Bertz CT molecular complexity index is 1030. The summed E-state index contributed by atoms with van der Waals surface area (Å²) >= 11 is 6.15. The molecule has 0 aliphatic heterocycles. The molecule has 26 heavy (non-hydrogen) atoms. The van der Waals surface area contributed by atoms with Gasteiger partial charge in [0.25, 0.3) is 0 Å². The SMILES string of the molecule is Cc1ccc(-c2nc(Cl)nc(-c3ccc(-c4ccccc4)cc3)n2)cc1. The van der Waals surface area contributed by atoms with Crippen molar-refractivity contribution in [3.63, 3.8) is 0 Å².